The largest absolute Gasteiger partial charge is 0.461 e. The van der Waals surface area contributed by atoms with Crippen LogP contribution in [0.3, 0.4) is 0 Å². The fourth-order valence-electron chi connectivity index (χ4n) is 0.963. The maximum Gasteiger partial charge on any atom is 0.306 e. The first-order chi connectivity index (χ1) is 6.83. The van der Waals surface area contributed by atoms with E-state index in [0.29, 0.717) is 0 Å². The van der Waals surface area contributed by atoms with Crippen LogP contribution in [0.4, 0.5) is 0 Å². The Morgan fingerprint density at radius 1 is 1.29 bits per heavy atom. The first kappa shape index (κ1) is 10.4. The van der Waals surface area contributed by atoms with E-state index < -0.39 is 0 Å². The van der Waals surface area contributed by atoms with Gasteiger partial charge in [0.15, 0.2) is 6.29 Å². The summed E-state index contributed by atoms with van der Waals surface area (Å²) in [4.78, 5) is 20.8. The highest BCUT2D eigenvalue weighted by Crippen LogP contribution is 2.01. The molecule has 0 bridgehead atoms. The summed E-state index contributed by atoms with van der Waals surface area (Å²) in [5, 5.41) is 0. The van der Waals surface area contributed by atoms with Gasteiger partial charge in [0.1, 0.15) is 6.61 Å². The molecule has 0 spiro atoms. The highest BCUT2D eigenvalue weighted by molar-refractivity contribution is 5.72. The zero-order valence-electron chi connectivity index (χ0n) is 7.73. The molecule has 3 nitrogen and oxygen atoms in total. The average Bonchev–Trinajstić information content (AvgIpc) is 2.25. The number of hydrogen-bond acceptors (Lipinski definition) is 3. The summed E-state index contributed by atoms with van der Waals surface area (Å²) >= 11 is 0. The van der Waals surface area contributed by atoms with Crippen LogP contribution in [0.5, 0.6) is 0 Å². The van der Waals surface area contributed by atoms with E-state index in [4.69, 9.17) is 4.74 Å². The molecule has 1 rings (SSSR count). The van der Waals surface area contributed by atoms with Gasteiger partial charge in [-0.05, 0) is 5.56 Å². The normalized spacial score (nSPS) is 9.43. The van der Waals surface area contributed by atoms with Gasteiger partial charge in [-0.15, -0.1) is 0 Å². The molecule has 0 heterocycles. The molecule has 0 fully saturated rings. The molecule has 0 N–H and O–H groups in total. The second-order valence-electron chi connectivity index (χ2n) is 2.79. The van der Waals surface area contributed by atoms with Crippen LogP contribution in [0.15, 0.2) is 30.3 Å². The van der Waals surface area contributed by atoms with E-state index in [-0.39, 0.29) is 25.4 Å². The Labute approximate surface area is 82.7 Å². The summed E-state index contributed by atoms with van der Waals surface area (Å²) in [5.74, 6) is -0.364. The van der Waals surface area contributed by atoms with Crippen molar-refractivity contribution in [3.05, 3.63) is 35.9 Å². The number of esters is 1. The van der Waals surface area contributed by atoms with E-state index in [1.165, 1.54) is 0 Å². The summed E-state index contributed by atoms with van der Waals surface area (Å²) in [6.07, 6.45) is 1.86. The Morgan fingerprint density at radius 2 is 2.00 bits per heavy atom. The summed E-state index contributed by atoms with van der Waals surface area (Å²) in [6.45, 7) is 0.262. The van der Waals surface area contributed by atoms with E-state index in [0.717, 1.165) is 5.56 Å². The van der Waals surface area contributed by atoms with Crippen molar-refractivity contribution >= 4 is 12.3 Å². The van der Waals surface area contributed by atoms with Crippen molar-refractivity contribution in [2.45, 2.75) is 19.4 Å². The van der Waals surface area contributed by atoms with Crippen molar-refractivity contribution in [2.75, 3.05) is 0 Å². The molecule has 0 saturated heterocycles. The molecular weight excluding hydrogens is 180 g/mol. The molecule has 0 aromatic heterocycles. The van der Waals surface area contributed by atoms with Gasteiger partial charge in [-0.2, -0.15) is 0 Å². The lowest BCUT2D eigenvalue weighted by Gasteiger charge is -2.02. The molecule has 0 atom stereocenters. The van der Waals surface area contributed by atoms with Crippen LogP contribution in [0.1, 0.15) is 18.4 Å². The third-order valence-electron chi connectivity index (χ3n) is 1.67. The van der Waals surface area contributed by atoms with Gasteiger partial charge in [-0.25, -0.2) is 0 Å². The standard InChI is InChI=1S/C11H11O3/c12-8-4-7-11(13)14-9-10-5-2-1-3-6-10/h1-3,5-6H,4,7,9H2. The predicted molar refractivity (Wildman–Crippen MR) is 51.2 cm³/mol. The van der Waals surface area contributed by atoms with Crippen LogP contribution in [0.25, 0.3) is 0 Å². The quantitative estimate of drug-likeness (QED) is 0.664. The lowest BCUT2D eigenvalue weighted by molar-refractivity contribution is -0.144. The van der Waals surface area contributed by atoms with Crippen LogP contribution in [-0.2, 0) is 20.9 Å². The maximum atomic E-state index is 11.0. The second kappa shape index (κ2) is 5.91. The number of ether oxygens (including phenoxy) is 1. The number of rotatable bonds is 5. The number of hydrogen-bond donors (Lipinski definition) is 0. The Kier molecular flexibility index (Phi) is 4.41. The fraction of sp³-hybridized carbons (Fsp3) is 0.273. The van der Waals surface area contributed by atoms with Gasteiger partial charge in [0.05, 0.1) is 6.42 Å². The van der Waals surface area contributed by atoms with E-state index in [9.17, 15) is 9.59 Å². The molecule has 1 aromatic carbocycles. The fourth-order valence-corrected chi connectivity index (χ4v) is 0.963. The van der Waals surface area contributed by atoms with Crippen LogP contribution in [0.2, 0.25) is 0 Å². The number of benzene rings is 1. The summed E-state index contributed by atoms with van der Waals surface area (Å²) in [6, 6.07) is 9.40. The molecule has 73 valence electrons. The molecular formula is C11H11O3. The van der Waals surface area contributed by atoms with Crippen molar-refractivity contribution in [3.63, 3.8) is 0 Å². The van der Waals surface area contributed by atoms with Gasteiger partial charge < -0.3 is 4.74 Å². The molecule has 0 aliphatic rings. The van der Waals surface area contributed by atoms with Crippen molar-refractivity contribution in [2.24, 2.45) is 0 Å². The topological polar surface area (TPSA) is 43.4 Å². The third-order valence-corrected chi connectivity index (χ3v) is 1.67. The molecule has 0 saturated carbocycles. The maximum absolute atomic E-state index is 11.0. The van der Waals surface area contributed by atoms with Crippen molar-refractivity contribution < 1.29 is 14.3 Å². The van der Waals surface area contributed by atoms with Crippen LogP contribution in [0, 0.1) is 0 Å². The van der Waals surface area contributed by atoms with E-state index >= 15 is 0 Å². The van der Waals surface area contributed by atoms with Gasteiger partial charge in [0, 0.05) is 6.42 Å². The summed E-state index contributed by atoms with van der Waals surface area (Å²) in [5.41, 5.74) is 0.941. The Morgan fingerprint density at radius 3 is 2.64 bits per heavy atom. The molecule has 0 aliphatic carbocycles. The minimum absolute atomic E-state index is 0.105. The Balaban J connectivity index is 2.27. The third kappa shape index (κ3) is 3.85. The van der Waals surface area contributed by atoms with Gasteiger partial charge in [0.25, 0.3) is 0 Å². The minimum Gasteiger partial charge on any atom is -0.461 e. The average molecular weight is 191 g/mol. The lowest BCUT2D eigenvalue weighted by Crippen LogP contribution is -2.04. The minimum atomic E-state index is -0.364. The van der Waals surface area contributed by atoms with Crippen LogP contribution >= 0.6 is 0 Å². The zero-order valence-corrected chi connectivity index (χ0v) is 7.73. The first-order valence-electron chi connectivity index (χ1n) is 4.37. The molecule has 0 amide bonds. The summed E-state index contributed by atoms with van der Waals surface area (Å²) < 4.78 is 4.91. The van der Waals surface area contributed by atoms with Gasteiger partial charge in [-0.3, -0.25) is 9.59 Å². The van der Waals surface area contributed by atoms with Gasteiger partial charge >= 0.3 is 5.97 Å². The zero-order chi connectivity index (χ0) is 10.2. The lowest BCUT2D eigenvalue weighted by atomic mass is 10.2. The van der Waals surface area contributed by atoms with Crippen LogP contribution in [-0.4, -0.2) is 12.3 Å². The first-order valence-corrected chi connectivity index (χ1v) is 4.37. The van der Waals surface area contributed by atoms with E-state index in [1.807, 2.05) is 30.3 Å². The summed E-state index contributed by atoms with van der Waals surface area (Å²) in [7, 11) is 0. The van der Waals surface area contributed by atoms with Gasteiger partial charge in [0.2, 0.25) is 0 Å². The SMILES string of the molecule is O=[C]CCC(=O)OCc1ccccc1. The van der Waals surface area contributed by atoms with E-state index in [2.05, 4.69) is 0 Å². The molecule has 14 heavy (non-hydrogen) atoms. The van der Waals surface area contributed by atoms with Gasteiger partial charge in [-0.1, -0.05) is 30.3 Å². The number of carbonyl (C=O) groups is 1. The molecule has 0 unspecified atom stereocenters. The smallest absolute Gasteiger partial charge is 0.306 e. The van der Waals surface area contributed by atoms with Crippen molar-refractivity contribution in [3.8, 4) is 0 Å². The monoisotopic (exact) mass is 191 g/mol. The van der Waals surface area contributed by atoms with Crippen molar-refractivity contribution in [1.82, 2.24) is 0 Å². The Hall–Kier alpha value is -1.64. The second-order valence-corrected chi connectivity index (χ2v) is 2.79. The molecule has 3 heteroatoms. The number of carbonyl (C=O) groups excluding carboxylic acids is 2. The Bertz CT molecular complexity index is 293. The van der Waals surface area contributed by atoms with Crippen molar-refractivity contribution in [1.29, 1.82) is 0 Å². The highest BCUT2D eigenvalue weighted by Gasteiger charge is 2.02. The molecule has 1 radical (unpaired) electrons. The van der Waals surface area contributed by atoms with Crippen LogP contribution < -0.4 is 0 Å². The molecule has 0 aliphatic heterocycles. The van der Waals surface area contributed by atoms with E-state index in [1.54, 1.807) is 6.29 Å². The molecule has 1 aromatic rings. The predicted octanol–water partition coefficient (Wildman–Crippen LogP) is 1.62. The highest BCUT2D eigenvalue weighted by atomic mass is 16.5.